The normalized spacial score (nSPS) is 11.4. The van der Waals surface area contributed by atoms with Crippen molar-refractivity contribution in [1.29, 1.82) is 0 Å². The Kier molecular flexibility index (Phi) is 4.39. The Balaban J connectivity index is 2.02. The third kappa shape index (κ3) is 3.03. The van der Waals surface area contributed by atoms with Crippen LogP contribution < -0.4 is 0 Å². The van der Waals surface area contributed by atoms with Crippen LogP contribution >= 0.6 is 0 Å². The number of hydrogen-bond donors (Lipinski definition) is 0. The van der Waals surface area contributed by atoms with Crippen LogP contribution in [0.15, 0.2) is 6.07 Å². The Labute approximate surface area is 158 Å². The summed E-state index contributed by atoms with van der Waals surface area (Å²) in [5.74, 6) is 0.591. The van der Waals surface area contributed by atoms with Crippen molar-refractivity contribution in [3.8, 4) is 5.95 Å². The van der Waals surface area contributed by atoms with E-state index in [1.807, 2.05) is 19.9 Å². The molecule has 0 N–H and O–H groups in total. The van der Waals surface area contributed by atoms with E-state index >= 15 is 0 Å². The lowest BCUT2D eigenvalue weighted by Gasteiger charge is -2.04. The number of fused-ring (bicyclic) bond motifs is 3. The maximum atomic E-state index is 11.8. The Morgan fingerprint density at radius 2 is 1.82 bits per heavy atom. The van der Waals surface area contributed by atoms with Crippen LogP contribution in [0.25, 0.3) is 22.9 Å². The minimum absolute atomic E-state index is 0.0788. The van der Waals surface area contributed by atoms with Crippen molar-refractivity contribution in [2.75, 3.05) is 14.2 Å². The fourth-order valence-corrected chi connectivity index (χ4v) is 2.84. The number of nitrogens with zero attached hydrogens (tertiary/aromatic N) is 9. The molecule has 144 valence electrons. The lowest BCUT2D eigenvalue weighted by Crippen LogP contribution is -2.09. The first-order valence-corrected chi connectivity index (χ1v) is 8.38. The van der Waals surface area contributed by atoms with Crippen molar-refractivity contribution >= 4 is 22.9 Å². The van der Waals surface area contributed by atoms with E-state index in [9.17, 15) is 4.79 Å². The van der Waals surface area contributed by atoms with E-state index < -0.39 is 5.97 Å². The summed E-state index contributed by atoms with van der Waals surface area (Å²) in [4.78, 5) is 25.0. The number of carbonyl (C=O) groups excluding carboxylic acids is 1. The van der Waals surface area contributed by atoms with Gasteiger partial charge < -0.3 is 9.47 Å². The molecular formula is C16H17N9O3. The molecule has 12 heteroatoms. The molecule has 0 amide bonds. The van der Waals surface area contributed by atoms with Crippen LogP contribution in [0.2, 0.25) is 0 Å². The highest BCUT2D eigenvalue weighted by atomic mass is 16.5. The number of carbonyl (C=O) groups is 1. The van der Waals surface area contributed by atoms with E-state index in [2.05, 4.69) is 35.3 Å². The largest absolute Gasteiger partial charge is 0.469 e. The number of aryl methyl sites for hydroxylation is 2. The average Bonchev–Trinajstić information content (AvgIpc) is 3.22. The zero-order chi connectivity index (χ0) is 19.8. The van der Waals surface area contributed by atoms with Crippen molar-refractivity contribution in [2.45, 2.75) is 26.9 Å². The molecular weight excluding hydrogens is 366 g/mol. The maximum Gasteiger partial charge on any atom is 0.311 e. The van der Waals surface area contributed by atoms with Gasteiger partial charge in [0.15, 0.2) is 17.0 Å². The molecule has 0 unspecified atom stereocenters. The predicted molar refractivity (Wildman–Crippen MR) is 94.7 cm³/mol. The van der Waals surface area contributed by atoms with Crippen LogP contribution in [-0.2, 0) is 27.3 Å². The van der Waals surface area contributed by atoms with Gasteiger partial charge in [-0.2, -0.15) is 19.3 Å². The Morgan fingerprint density at radius 1 is 1.07 bits per heavy atom. The second-order valence-corrected chi connectivity index (χ2v) is 6.11. The van der Waals surface area contributed by atoms with Crippen LogP contribution in [0.3, 0.4) is 0 Å². The number of esters is 1. The Hall–Kier alpha value is -3.54. The van der Waals surface area contributed by atoms with Gasteiger partial charge in [0, 0.05) is 18.5 Å². The molecule has 0 saturated carbocycles. The van der Waals surface area contributed by atoms with Crippen LogP contribution in [0.4, 0.5) is 0 Å². The Morgan fingerprint density at radius 3 is 2.50 bits per heavy atom. The summed E-state index contributed by atoms with van der Waals surface area (Å²) in [6.07, 6.45) is -0.0788. The van der Waals surface area contributed by atoms with E-state index in [0.717, 1.165) is 11.4 Å². The fraction of sp³-hybridized carbons (Fsp3) is 0.375. The number of hydrogen-bond acceptors (Lipinski definition) is 10. The zero-order valence-corrected chi connectivity index (χ0v) is 15.7. The molecule has 28 heavy (non-hydrogen) atoms. The summed E-state index contributed by atoms with van der Waals surface area (Å²) in [7, 11) is 2.86. The van der Waals surface area contributed by atoms with E-state index in [4.69, 9.17) is 9.47 Å². The van der Waals surface area contributed by atoms with Gasteiger partial charge >= 0.3 is 5.97 Å². The molecule has 4 aromatic rings. The highest BCUT2D eigenvalue weighted by Gasteiger charge is 2.23. The molecule has 0 fully saturated rings. The fourth-order valence-electron chi connectivity index (χ4n) is 2.84. The second kappa shape index (κ2) is 6.88. The van der Waals surface area contributed by atoms with Crippen LogP contribution in [0.1, 0.15) is 22.9 Å². The van der Waals surface area contributed by atoms with Gasteiger partial charge in [-0.1, -0.05) is 0 Å². The van der Waals surface area contributed by atoms with Crippen LogP contribution in [0.5, 0.6) is 0 Å². The van der Waals surface area contributed by atoms with Gasteiger partial charge in [0.1, 0.15) is 12.3 Å². The highest BCUT2D eigenvalue weighted by molar-refractivity contribution is 5.82. The first-order chi connectivity index (χ1) is 13.5. The second-order valence-electron chi connectivity index (χ2n) is 6.11. The molecule has 0 aliphatic heterocycles. The van der Waals surface area contributed by atoms with Crippen LogP contribution in [0, 0.1) is 13.8 Å². The summed E-state index contributed by atoms with van der Waals surface area (Å²) in [6.45, 7) is 3.94. The van der Waals surface area contributed by atoms with Crippen LogP contribution in [-0.4, -0.2) is 64.7 Å². The summed E-state index contributed by atoms with van der Waals surface area (Å²) in [6, 6.07) is 1.85. The molecule has 0 saturated heterocycles. The monoisotopic (exact) mass is 383 g/mol. The lowest BCUT2D eigenvalue weighted by atomic mass is 10.3. The summed E-state index contributed by atoms with van der Waals surface area (Å²) in [5, 5.41) is 17.2. The molecule has 4 heterocycles. The van der Waals surface area contributed by atoms with Gasteiger partial charge in [0.05, 0.1) is 13.5 Å². The highest BCUT2D eigenvalue weighted by Crippen LogP contribution is 2.20. The lowest BCUT2D eigenvalue weighted by molar-refractivity contribution is -0.139. The van der Waals surface area contributed by atoms with Gasteiger partial charge in [0.2, 0.25) is 0 Å². The first-order valence-electron chi connectivity index (χ1n) is 8.38. The summed E-state index contributed by atoms with van der Waals surface area (Å²) >= 11 is 0. The molecule has 0 radical (unpaired) electrons. The third-order valence-electron chi connectivity index (χ3n) is 3.95. The standard InChI is InChI=1S/C16H17N9O3/c1-8-5-9(2)18-15(17-8)24-14-13(10(22-24)6-12(26)28-4)20-21-16-19-11(7-27-3)23-25(14)16/h5H,6-7H2,1-4H3. The van der Waals surface area contributed by atoms with E-state index in [1.54, 1.807) is 7.11 Å². The summed E-state index contributed by atoms with van der Waals surface area (Å²) < 4.78 is 12.8. The first kappa shape index (κ1) is 17.9. The minimum atomic E-state index is -0.451. The molecule has 0 aromatic carbocycles. The molecule has 0 bridgehead atoms. The van der Waals surface area contributed by atoms with Crippen molar-refractivity contribution in [1.82, 2.24) is 44.5 Å². The maximum absolute atomic E-state index is 11.8. The number of ether oxygens (including phenoxy) is 2. The molecule has 12 nitrogen and oxygen atoms in total. The Bertz CT molecular complexity index is 1180. The SMILES string of the molecule is COCc1nc2nnc3c(CC(=O)OC)nn(-c4nc(C)cc(C)n4)c3n2n1. The van der Waals surface area contributed by atoms with Gasteiger partial charge in [-0.25, -0.2) is 9.97 Å². The molecule has 4 rings (SSSR count). The van der Waals surface area contributed by atoms with Crippen molar-refractivity contribution < 1.29 is 14.3 Å². The predicted octanol–water partition coefficient (Wildman–Crippen LogP) is 0.127. The molecule has 0 aliphatic rings. The quantitative estimate of drug-likeness (QED) is 0.437. The molecule has 0 aliphatic carbocycles. The number of aromatic nitrogens is 9. The van der Waals surface area contributed by atoms with Crippen molar-refractivity contribution in [2.24, 2.45) is 0 Å². The van der Waals surface area contributed by atoms with Gasteiger partial charge in [0.25, 0.3) is 11.7 Å². The average molecular weight is 383 g/mol. The topological polar surface area (TPSA) is 135 Å². The number of rotatable bonds is 5. The van der Waals surface area contributed by atoms with Gasteiger partial charge in [-0.05, 0) is 19.9 Å². The van der Waals surface area contributed by atoms with Crippen molar-refractivity contribution in [3.05, 3.63) is 29.0 Å². The minimum Gasteiger partial charge on any atom is -0.469 e. The molecule has 4 aromatic heterocycles. The van der Waals surface area contributed by atoms with E-state index in [1.165, 1.54) is 16.3 Å². The van der Waals surface area contributed by atoms with Crippen molar-refractivity contribution in [3.63, 3.8) is 0 Å². The van der Waals surface area contributed by atoms with E-state index in [0.29, 0.717) is 28.6 Å². The molecule has 0 spiro atoms. The zero-order valence-electron chi connectivity index (χ0n) is 15.7. The molecule has 0 atom stereocenters. The van der Waals surface area contributed by atoms with Gasteiger partial charge in [-0.3, -0.25) is 4.79 Å². The smallest absolute Gasteiger partial charge is 0.311 e. The van der Waals surface area contributed by atoms with E-state index in [-0.39, 0.29) is 18.8 Å². The summed E-state index contributed by atoms with van der Waals surface area (Å²) in [5.41, 5.74) is 2.76. The third-order valence-corrected chi connectivity index (χ3v) is 3.95. The number of methoxy groups -OCH3 is 2. The van der Waals surface area contributed by atoms with Gasteiger partial charge in [-0.15, -0.1) is 15.3 Å².